The zero-order chi connectivity index (χ0) is 17.0. The van der Waals surface area contributed by atoms with E-state index in [0.717, 1.165) is 56.3 Å². The van der Waals surface area contributed by atoms with E-state index in [1.54, 1.807) is 11.3 Å². The number of hydrogen-bond acceptors (Lipinski definition) is 5. The molecule has 2 saturated heterocycles. The van der Waals surface area contributed by atoms with Crippen LogP contribution in [-0.2, 0) is 11.2 Å². The number of carbonyl (C=O) groups excluding carboxylic acids is 1. The molecule has 3 rings (SSSR count). The highest BCUT2D eigenvalue weighted by Crippen LogP contribution is 2.25. The normalized spacial score (nSPS) is 19.1. The van der Waals surface area contributed by atoms with Gasteiger partial charge in [0, 0.05) is 43.5 Å². The van der Waals surface area contributed by atoms with Gasteiger partial charge in [-0.1, -0.05) is 0 Å². The Kier molecular flexibility index (Phi) is 5.76. The maximum atomic E-state index is 12.2. The number of nitrogens with one attached hydrogen (secondary N) is 1. The summed E-state index contributed by atoms with van der Waals surface area (Å²) < 4.78 is 0. The Labute approximate surface area is 149 Å². The van der Waals surface area contributed by atoms with Crippen LogP contribution in [0.3, 0.4) is 0 Å². The third-order valence-corrected chi connectivity index (χ3v) is 5.92. The summed E-state index contributed by atoms with van der Waals surface area (Å²) in [4.78, 5) is 21.4. The molecule has 0 bridgehead atoms. The van der Waals surface area contributed by atoms with Gasteiger partial charge in [-0.15, -0.1) is 11.3 Å². The van der Waals surface area contributed by atoms with Crippen LogP contribution < -0.4 is 10.2 Å². The third kappa shape index (κ3) is 4.70. The minimum atomic E-state index is -0.122. The second-order valence-corrected chi connectivity index (χ2v) is 8.51. The summed E-state index contributed by atoms with van der Waals surface area (Å²) in [6.07, 6.45) is 7.04. The van der Waals surface area contributed by atoms with Crippen molar-refractivity contribution in [3.63, 3.8) is 0 Å². The lowest BCUT2D eigenvalue weighted by atomic mass is 9.99. The first-order valence-corrected chi connectivity index (χ1v) is 10.1. The quantitative estimate of drug-likeness (QED) is 0.857. The van der Waals surface area contributed by atoms with Crippen LogP contribution in [0.1, 0.15) is 51.6 Å². The summed E-state index contributed by atoms with van der Waals surface area (Å²) in [5, 5.41) is 6.77. The van der Waals surface area contributed by atoms with E-state index < -0.39 is 0 Å². The molecule has 1 aromatic rings. The molecule has 0 atom stereocenters. The van der Waals surface area contributed by atoms with Crippen molar-refractivity contribution < 1.29 is 4.79 Å². The molecule has 24 heavy (non-hydrogen) atoms. The Hall–Kier alpha value is -1.14. The van der Waals surface area contributed by atoms with Gasteiger partial charge in [-0.05, 0) is 46.0 Å². The van der Waals surface area contributed by atoms with Crippen molar-refractivity contribution in [2.24, 2.45) is 0 Å². The molecule has 1 aromatic heterocycles. The molecule has 134 valence electrons. The van der Waals surface area contributed by atoms with Crippen molar-refractivity contribution in [2.45, 2.75) is 57.9 Å². The van der Waals surface area contributed by atoms with Crippen LogP contribution in [0, 0.1) is 0 Å². The van der Waals surface area contributed by atoms with Crippen LogP contribution >= 0.6 is 11.3 Å². The van der Waals surface area contributed by atoms with E-state index in [9.17, 15) is 4.79 Å². The van der Waals surface area contributed by atoms with E-state index >= 15 is 0 Å². The average molecular weight is 351 g/mol. The number of likely N-dealkylation sites (tertiary alicyclic amines) is 1. The summed E-state index contributed by atoms with van der Waals surface area (Å²) >= 11 is 1.75. The minimum absolute atomic E-state index is 0.122. The van der Waals surface area contributed by atoms with Crippen LogP contribution in [0.15, 0.2) is 5.38 Å². The highest BCUT2D eigenvalue weighted by atomic mass is 32.1. The first-order chi connectivity index (χ1) is 11.5. The Balaban J connectivity index is 1.50. The highest BCUT2D eigenvalue weighted by Gasteiger charge is 2.24. The molecule has 0 spiro atoms. The smallest absolute Gasteiger partial charge is 0.236 e. The second kappa shape index (κ2) is 7.83. The predicted molar refractivity (Wildman–Crippen MR) is 99.8 cm³/mol. The molecule has 0 aromatic carbocycles. The lowest BCUT2D eigenvalue weighted by Gasteiger charge is -2.27. The van der Waals surface area contributed by atoms with E-state index in [1.165, 1.54) is 19.3 Å². The van der Waals surface area contributed by atoms with Gasteiger partial charge in [0.2, 0.25) is 5.91 Å². The molecule has 5 nitrogen and oxygen atoms in total. The predicted octanol–water partition coefficient (Wildman–Crippen LogP) is 2.67. The summed E-state index contributed by atoms with van der Waals surface area (Å²) in [7, 11) is 0. The molecule has 2 fully saturated rings. The van der Waals surface area contributed by atoms with Crippen molar-refractivity contribution >= 4 is 22.4 Å². The number of nitrogens with zero attached hydrogens (tertiary/aromatic N) is 3. The lowest BCUT2D eigenvalue weighted by Crippen LogP contribution is -2.47. The number of hydrogen-bond donors (Lipinski definition) is 1. The van der Waals surface area contributed by atoms with Crippen molar-refractivity contribution in [1.29, 1.82) is 0 Å². The molecule has 2 aliphatic heterocycles. The molecular weight excluding hydrogens is 320 g/mol. The van der Waals surface area contributed by atoms with Gasteiger partial charge in [0.15, 0.2) is 5.13 Å². The molecule has 0 radical (unpaired) electrons. The minimum Gasteiger partial charge on any atom is -0.348 e. The maximum Gasteiger partial charge on any atom is 0.236 e. The molecule has 2 aliphatic rings. The number of rotatable bonds is 6. The fourth-order valence-corrected chi connectivity index (χ4v) is 4.40. The highest BCUT2D eigenvalue weighted by molar-refractivity contribution is 7.13. The zero-order valence-corrected chi connectivity index (χ0v) is 15.8. The summed E-state index contributed by atoms with van der Waals surface area (Å²) in [6, 6.07) is 0. The number of carbonyl (C=O) groups is 1. The van der Waals surface area contributed by atoms with E-state index in [4.69, 9.17) is 4.98 Å². The zero-order valence-electron chi connectivity index (χ0n) is 15.0. The molecule has 1 amide bonds. The van der Waals surface area contributed by atoms with Crippen molar-refractivity contribution in [3.05, 3.63) is 11.1 Å². The lowest BCUT2D eigenvalue weighted by molar-refractivity contribution is -0.129. The Morgan fingerprint density at radius 3 is 2.54 bits per heavy atom. The van der Waals surface area contributed by atoms with E-state index in [-0.39, 0.29) is 11.4 Å². The van der Waals surface area contributed by atoms with Gasteiger partial charge < -0.3 is 15.1 Å². The van der Waals surface area contributed by atoms with Gasteiger partial charge in [0.05, 0.1) is 12.2 Å². The van der Waals surface area contributed by atoms with Crippen LogP contribution in [0.4, 0.5) is 5.13 Å². The Morgan fingerprint density at radius 2 is 1.83 bits per heavy atom. The van der Waals surface area contributed by atoms with Gasteiger partial charge in [-0.2, -0.15) is 0 Å². The SMILES string of the molecule is CC(C)(Cc1csc(N2CCCCC2)n1)NCC(=O)N1CCCC1. The van der Waals surface area contributed by atoms with Gasteiger partial charge in [-0.3, -0.25) is 4.79 Å². The first-order valence-electron chi connectivity index (χ1n) is 9.26. The van der Waals surface area contributed by atoms with Crippen molar-refractivity contribution in [1.82, 2.24) is 15.2 Å². The second-order valence-electron chi connectivity index (χ2n) is 7.67. The average Bonchev–Trinajstić information content (AvgIpc) is 3.25. The number of amides is 1. The Morgan fingerprint density at radius 1 is 1.17 bits per heavy atom. The molecule has 0 saturated carbocycles. The van der Waals surface area contributed by atoms with Gasteiger partial charge in [0.1, 0.15) is 0 Å². The first kappa shape index (κ1) is 17.7. The standard InChI is InChI=1S/C18H30N4OS/c1-18(2,19-13-16(23)21-8-6-7-9-21)12-15-14-24-17(20-15)22-10-4-3-5-11-22/h14,19H,3-13H2,1-2H3. The van der Waals surface area contributed by atoms with Crippen molar-refractivity contribution in [2.75, 3.05) is 37.6 Å². The molecule has 6 heteroatoms. The van der Waals surface area contributed by atoms with Gasteiger partial charge in [0.25, 0.3) is 0 Å². The summed E-state index contributed by atoms with van der Waals surface area (Å²) in [5.41, 5.74) is 1.01. The topological polar surface area (TPSA) is 48.5 Å². The maximum absolute atomic E-state index is 12.2. The summed E-state index contributed by atoms with van der Waals surface area (Å²) in [6.45, 7) is 8.86. The molecule has 3 heterocycles. The number of piperidine rings is 1. The molecule has 0 unspecified atom stereocenters. The summed E-state index contributed by atoms with van der Waals surface area (Å²) in [5.74, 6) is 0.229. The molecular formula is C18H30N4OS. The van der Waals surface area contributed by atoms with Crippen molar-refractivity contribution in [3.8, 4) is 0 Å². The van der Waals surface area contributed by atoms with Crippen LogP contribution in [0.2, 0.25) is 0 Å². The van der Waals surface area contributed by atoms with Gasteiger partial charge in [-0.25, -0.2) is 4.98 Å². The van der Waals surface area contributed by atoms with Gasteiger partial charge >= 0.3 is 0 Å². The van der Waals surface area contributed by atoms with Crippen LogP contribution in [0.25, 0.3) is 0 Å². The number of anilines is 1. The third-order valence-electron chi connectivity index (χ3n) is 4.97. The van der Waals surface area contributed by atoms with Crippen LogP contribution in [0.5, 0.6) is 0 Å². The monoisotopic (exact) mass is 350 g/mol. The molecule has 0 aliphatic carbocycles. The van der Waals surface area contributed by atoms with Crippen LogP contribution in [-0.4, -0.2) is 54.1 Å². The fraction of sp³-hybridized carbons (Fsp3) is 0.778. The van der Waals surface area contributed by atoms with E-state index in [0.29, 0.717) is 6.54 Å². The largest absolute Gasteiger partial charge is 0.348 e. The fourth-order valence-electron chi connectivity index (χ4n) is 3.52. The number of thiazole rings is 1. The Bertz CT molecular complexity index is 545. The van der Waals surface area contributed by atoms with E-state index in [2.05, 4.69) is 29.4 Å². The van der Waals surface area contributed by atoms with E-state index in [1.807, 2.05) is 4.90 Å². The molecule has 1 N–H and O–H groups in total. The number of aromatic nitrogens is 1.